The minimum Gasteiger partial charge on any atom is -0.472 e. The number of fused-ring (bicyclic) bond motifs is 2. The summed E-state index contributed by atoms with van der Waals surface area (Å²) in [5.41, 5.74) is 1.52. The number of ether oxygens (including phenoxy) is 1. The predicted molar refractivity (Wildman–Crippen MR) is 83.4 cm³/mol. The van der Waals surface area contributed by atoms with Gasteiger partial charge in [-0.2, -0.15) is 0 Å². The molecule has 2 heterocycles. The molecule has 4 rings (SSSR count). The molecule has 5 atom stereocenters. The smallest absolute Gasteiger partial charge is 0.313 e. The summed E-state index contributed by atoms with van der Waals surface area (Å²) < 4.78 is 10.9. The molecular weight excluding hydrogens is 292 g/mol. The first-order chi connectivity index (χ1) is 11.0. The van der Waals surface area contributed by atoms with Crippen LogP contribution < -0.4 is 0 Å². The van der Waals surface area contributed by atoms with Gasteiger partial charge in [0.15, 0.2) is 5.78 Å². The molecule has 0 N–H and O–H groups in total. The zero-order valence-corrected chi connectivity index (χ0v) is 13.6. The summed E-state index contributed by atoms with van der Waals surface area (Å²) in [7, 11) is 0. The maximum atomic E-state index is 13.0. The molecule has 0 bridgehead atoms. The van der Waals surface area contributed by atoms with Crippen LogP contribution >= 0.6 is 0 Å². The Morgan fingerprint density at radius 3 is 2.83 bits per heavy atom. The monoisotopic (exact) mass is 314 g/mol. The zero-order valence-electron chi connectivity index (χ0n) is 13.6. The van der Waals surface area contributed by atoms with Crippen molar-refractivity contribution in [1.82, 2.24) is 0 Å². The zero-order chi connectivity index (χ0) is 16.2. The van der Waals surface area contributed by atoms with Crippen LogP contribution in [-0.2, 0) is 14.3 Å². The van der Waals surface area contributed by atoms with Gasteiger partial charge < -0.3 is 9.15 Å². The standard InChI is InChI=1S/C19H22O4/c1-11-7-14(20)8-16-15(11)4-3-12(2)19(16)9-17(23-18(19)21)13-5-6-22-10-13/h5-7,10,12,15-17H,3-4,8-9H2,1-2H3/t12-,15+,16+,17-,19?/m1/s1. The quantitative estimate of drug-likeness (QED) is 0.739. The molecule has 4 heteroatoms. The summed E-state index contributed by atoms with van der Waals surface area (Å²) in [6, 6.07) is 1.86. The van der Waals surface area contributed by atoms with Crippen molar-refractivity contribution >= 4 is 11.8 Å². The van der Waals surface area contributed by atoms with Crippen LogP contribution in [0.5, 0.6) is 0 Å². The Bertz CT molecular complexity index is 672. The van der Waals surface area contributed by atoms with E-state index in [-0.39, 0.29) is 29.7 Å². The van der Waals surface area contributed by atoms with Crippen molar-refractivity contribution in [3.05, 3.63) is 35.8 Å². The van der Waals surface area contributed by atoms with Gasteiger partial charge in [-0.3, -0.25) is 9.59 Å². The molecule has 1 saturated carbocycles. The lowest BCUT2D eigenvalue weighted by molar-refractivity contribution is -0.158. The van der Waals surface area contributed by atoms with Gasteiger partial charge in [-0.1, -0.05) is 12.5 Å². The number of carbonyl (C=O) groups is 2. The first-order valence-electron chi connectivity index (χ1n) is 8.46. The Kier molecular flexibility index (Phi) is 3.26. The van der Waals surface area contributed by atoms with Gasteiger partial charge in [-0.15, -0.1) is 0 Å². The van der Waals surface area contributed by atoms with Crippen molar-refractivity contribution in [2.24, 2.45) is 23.2 Å². The third-order valence-corrected chi connectivity index (χ3v) is 6.40. The number of allylic oxidation sites excluding steroid dienone is 2. The molecular formula is C19H22O4. The number of hydrogen-bond donors (Lipinski definition) is 0. The Morgan fingerprint density at radius 2 is 2.09 bits per heavy atom. The van der Waals surface area contributed by atoms with Crippen LogP contribution in [0, 0.1) is 23.2 Å². The van der Waals surface area contributed by atoms with E-state index in [1.807, 2.05) is 13.0 Å². The first-order valence-corrected chi connectivity index (χ1v) is 8.46. The van der Waals surface area contributed by atoms with E-state index >= 15 is 0 Å². The summed E-state index contributed by atoms with van der Waals surface area (Å²) in [6.45, 7) is 4.18. The Balaban J connectivity index is 1.74. The number of ketones is 1. The van der Waals surface area contributed by atoms with Gasteiger partial charge in [0.25, 0.3) is 0 Å². The third kappa shape index (κ3) is 2.03. The fourth-order valence-electron chi connectivity index (χ4n) is 5.14. The molecule has 1 saturated heterocycles. The molecule has 2 fully saturated rings. The van der Waals surface area contributed by atoms with Gasteiger partial charge in [-0.25, -0.2) is 0 Å². The number of esters is 1. The van der Waals surface area contributed by atoms with Crippen molar-refractivity contribution in [2.45, 2.75) is 45.6 Å². The molecule has 0 amide bonds. The molecule has 1 aliphatic heterocycles. The molecule has 2 aliphatic carbocycles. The average molecular weight is 314 g/mol. The van der Waals surface area contributed by atoms with E-state index in [2.05, 4.69) is 6.92 Å². The van der Waals surface area contributed by atoms with Crippen molar-refractivity contribution in [2.75, 3.05) is 0 Å². The molecule has 1 aromatic heterocycles. The lowest BCUT2D eigenvalue weighted by Crippen LogP contribution is -2.50. The van der Waals surface area contributed by atoms with Gasteiger partial charge in [0, 0.05) is 18.4 Å². The molecule has 3 aliphatic rings. The molecule has 1 spiro atoms. The Labute approximate surface area is 135 Å². The summed E-state index contributed by atoms with van der Waals surface area (Å²) in [5, 5.41) is 0. The highest BCUT2D eigenvalue weighted by atomic mass is 16.6. The third-order valence-electron chi connectivity index (χ3n) is 6.40. The van der Waals surface area contributed by atoms with E-state index in [0.717, 1.165) is 24.0 Å². The van der Waals surface area contributed by atoms with E-state index in [1.54, 1.807) is 18.6 Å². The van der Waals surface area contributed by atoms with E-state index in [4.69, 9.17) is 9.15 Å². The van der Waals surface area contributed by atoms with Gasteiger partial charge >= 0.3 is 5.97 Å². The molecule has 1 aromatic rings. The normalized spacial score (nSPS) is 40.0. The molecule has 122 valence electrons. The highest BCUT2D eigenvalue weighted by Gasteiger charge is 2.61. The SMILES string of the molecule is CC1=CC(=O)C[C@H]2[C@H]1CC[C@@H](C)C21C[C@H](c2ccoc2)OC1=O. The van der Waals surface area contributed by atoms with Crippen LogP contribution in [0.4, 0.5) is 0 Å². The number of carbonyl (C=O) groups excluding carboxylic acids is 2. The number of rotatable bonds is 1. The molecule has 4 nitrogen and oxygen atoms in total. The summed E-state index contributed by atoms with van der Waals surface area (Å²) in [5.74, 6) is 0.685. The van der Waals surface area contributed by atoms with Crippen LogP contribution in [0.3, 0.4) is 0 Å². The van der Waals surface area contributed by atoms with Crippen LogP contribution in [0.2, 0.25) is 0 Å². The second kappa shape index (κ2) is 5.08. The minimum absolute atomic E-state index is 0.0770. The second-order valence-corrected chi connectivity index (χ2v) is 7.45. The number of hydrogen-bond acceptors (Lipinski definition) is 4. The first kappa shape index (κ1) is 14.7. The van der Waals surface area contributed by atoms with E-state index in [0.29, 0.717) is 18.8 Å². The average Bonchev–Trinajstić information content (AvgIpc) is 3.12. The number of cyclic esters (lactones) is 1. The van der Waals surface area contributed by atoms with E-state index < -0.39 is 5.41 Å². The maximum Gasteiger partial charge on any atom is 0.313 e. The van der Waals surface area contributed by atoms with E-state index in [1.165, 1.54) is 0 Å². The Morgan fingerprint density at radius 1 is 1.26 bits per heavy atom. The van der Waals surface area contributed by atoms with Gasteiger partial charge in [0.2, 0.25) is 0 Å². The highest BCUT2D eigenvalue weighted by molar-refractivity contribution is 5.93. The van der Waals surface area contributed by atoms with Crippen molar-refractivity contribution < 1.29 is 18.7 Å². The molecule has 0 radical (unpaired) electrons. The minimum atomic E-state index is -0.532. The van der Waals surface area contributed by atoms with E-state index in [9.17, 15) is 9.59 Å². The summed E-state index contributed by atoms with van der Waals surface area (Å²) in [6.07, 6.45) is 7.99. The maximum absolute atomic E-state index is 13.0. The largest absolute Gasteiger partial charge is 0.472 e. The van der Waals surface area contributed by atoms with Crippen molar-refractivity contribution in [1.29, 1.82) is 0 Å². The van der Waals surface area contributed by atoms with Crippen molar-refractivity contribution in [3.8, 4) is 0 Å². The highest BCUT2D eigenvalue weighted by Crippen LogP contribution is 2.60. The van der Waals surface area contributed by atoms with Crippen LogP contribution in [0.15, 0.2) is 34.7 Å². The molecule has 0 aromatic carbocycles. The van der Waals surface area contributed by atoms with Crippen LogP contribution in [0.1, 0.15) is 51.2 Å². The lowest BCUT2D eigenvalue weighted by atomic mass is 9.52. The fraction of sp³-hybridized carbons (Fsp3) is 0.579. The van der Waals surface area contributed by atoms with Crippen molar-refractivity contribution in [3.63, 3.8) is 0 Å². The van der Waals surface area contributed by atoms with Gasteiger partial charge in [-0.05, 0) is 49.7 Å². The molecule has 1 unspecified atom stereocenters. The fourth-order valence-corrected chi connectivity index (χ4v) is 5.14. The van der Waals surface area contributed by atoms with Gasteiger partial charge in [0.05, 0.1) is 17.9 Å². The predicted octanol–water partition coefficient (Wildman–Crippen LogP) is 3.84. The molecule has 23 heavy (non-hydrogen) atoms. The van der Waals surface area contributed by atoms with Gasteiger partial charge in [0.1, 0.15) is 6.10 Å². The summed E-state index contributed by atoms with van der Waals surface area (Å²) >= 11 is 0. The Hall–Kier alpha value is -1.84. The topological polar surface area (TPSA) is 56.5 Å². The van der Waals surface area contributed by atoms with Crippen LogP contribution in [0.25, 0.3) is 0 Å². The lowest BCUT2D eigenvalue weighted by Gasteiger charge is -2.49. The van der Waals surface area contributed by atoms with Crippen LogP contribution in [-0.4, -0.2) is 11.8 Å². The number of furan rings is 1. The summed E-state index contributed by atoms with van der Waals surface area (Å²) in [4.78, 5) is 25.1. The second-order valence-electron chi connectivity index (χ2n) is 7.45.